The average molecular weight is 348 g/mol. The van der Waals surface area contributed by atoms with E-state index in [0.29, 0.717) is 11.1 Å². The number of carboxylic acids is 1. The summed E-state index contributed by atoms with van der Waals surface area (Å²) in [6, 6.07) is 11.7. The molecule has 5 heteroatoms. The highest BCUT2D eigenvalue weighted by Crippen LogP contribution is 2.23. The Balaban J connectivity index is 2.13. The van der Waals surface area contributed by atoms with Crippen LogP contribution >= 0.6 is 15.9 Å². The molecule has 0 bridgehead atoms. The van der Waals surface area contributed by atoms with Gasteiger partial charge in [-0.3, -0.25) is 0 Å². The topological polar surface area (TPSA) is 42.2 Å². The van der Waals surface area contributed by atoms with Crippen molar-refractivity contribution in [3.63, 3.8) is 0 Å². The van der Waals surface area contributed by atoms with Gasteiger partial charge in [0.05, 0.1) is 17.6 Å². The highest BCUT2D eigenvalue weighted by Gasteiger charge is 2.13. The number of halogens is 2. The van der Waals surface area contributed by atoms with Gasteiger partial charge in [-0.1, -0.05) is 28.1 Å². The van der Waals surface area contributed by atoms with E-state index in [1.54, 1.807) is 35.0 Å². The van der Waals surface area contributed by atoms with E-state index in [1.165, 1.54) is 6.07 Å². The first-order valence-electron chi connectivity index (χ1n) is 6.31. The minimum atomic E-state index is -0.990. The lowest BCUT2D eigenvalue weighted by Crippen LogP contribution is -2.05. The summed E-state index contributed by atoms with van der Waals surface area (Å²) in [4.78, 5) is 11.3. The van der Waals surface area contributed by atoms with E-state index < -0.39 is 5.97 Å². The van der Waals surface area contributed by atoms with E-state index in [-0.39, 0.29) is 17.9 Å². The van der Waals surface area contributed by atoms with Crippen molar-refractivity contribution in [2.45, 2.75) is 6.54 Å². The van der Waals surface area contributed by atoms with Crippen LogP contribution in [-0.4, -0.2) is 15.6 Å². The molecule has 0 aliphatic carbocycles. The molecule has 0 aliphatic heterocycles. The van der Waals surface area contributed by atoms with Gasteiger partial charge in [0.15, 0.2) is 0 Å². The quantitative estimate of drug-likeness (QED) is 0.767. The molecule has 0 amide bonds. The number of hydrogen-bond acceptors (Lipinski definition) is 1. The van der Waals surface area contributed by atoms with Gasteiger partial charge in [0, 0.05) is 21.6 Å². The van der Waals surface area contributed by atoms with Gasteiger partial charge in [-0.2, -0.15) is 0 Å². The van der Waals surface area contributed by atoms with E-state index >= 15 is 0 Å². The zero-order valence-corrected chi connectivity index (χ0v) is 12.5. The smallest absolute Gasteiger partial charge is 0.337 e. The number of fused-ring (bicyclic) bond motifs is 1. The Hall–Kier alpha value is -2.14. The van der Waals surface area contributed by atoms with Crippen molar-refractivity contribution in [2.24, 2.45) is 0 Å². The number of aromatic nitrogens is 1. The number of carbonyl (C=O) groups is 1. The summed E-state index contributed by atoms with van der Waals surface area (Å²) in [6.07, 6.45) is 1.78. The van der Waals surface area contributed by atoms with Crippen molar-refractivity contribution in [2.75, 3.05) is 0 Å². The van der Waals surface area contributed by atoms with Gasteiger partial charge in [0.1, 0.15) is 5.82 Å². The molecule has 2 aromatic carbocycles. The summed E-state index contributed by atoms with van der Waals surface area (Å²) in [7, 11) is 0. The first kappa shape index (κ1) is 13.8. The van der Waals surface area contributed by atoms with Crippen molar-refractivity contribution < 1.29 is 14.3 Å². The van der Waals surface area contributed by atoms with Gasteiger partial charge < -0.3 is 9.67 Å². The Morgan fingerprint density at radius 1 is 1.24 bits per heavy atom. The number of para-hydroxylation sites is 1. The molecule has 0 unspecified atom stereocenters. The lowest BCUT2D eigenvalue weighted by atomic mass is 10.1. The number of carboxylic acid groups (broad SMARTS) is 1. The molecule has 1 heterocycles. The number of aromatic carboxylic acids is 1. The molecule has 106 valence electrons. The second kappa shape index (κ2) is 5.33. The molecule has 0 aliphatic rings. The van der Waals surface area contributed by atoms with Crippen LogP contribution in [-0.2, 0) is 6.54 Å². The van der Waals surface area contributed by atoms with Crippen LogP contribution < -0.4 is 0 Å². The van der Waals surface area contributed by atoms with Crippen molar-refractivity contribution in [3.05, 3.63) is 70.1 Å². The molecule has 0 saturated carbocycles. The van der Waals surface area contributed by atoms with Crippen LogP contribution in [0.25, 0.3) is 10.9 Å². The van der Waals surface area contributed by atoms with Crippen LogP contribution in [0.2, 0.25) is 0 Å². The van der Waals surface area contributed by atoms with Gasteiger partial charge >= 0.3 is 5.97 Å². The summed E-state index contributed by atoms with van der Waals surface area (Å²) in [6.45, 7) is 0.277. The zero-order valence-electron chi connectivity index (χ0n) is 10.9. The minimum Gasteiger partial charge on any atom is -0.478 e. The maximum Gasteiger partial charge on any atom is 0.337 e. The van der Waals surface area contributed by atoms with E-state index in [1.807, 2.05) is 12.1 Å². The Morgan fingerprint density at radius 2 is 2.05 bits per heavy atom. The largest absolute Gasteiger partial charge is 0.478 e. The molecular formula is C16H11BrFNO2. The summed E-state index contributed by atoms with van der Waals surface area (Å²) < 4.78 is 16.4. The Morgan fingerprint density at radius 3 is 2.81 bits per heavy atom. The van der Waals surface area contributed by atoms with Crippen LogP contribution in [0.15, 0.2) is 53.1 Å². The molecule has 0 spiro atoms. The standard InChI is InChI=1S/C16H11BrFNO2/c17-12-4-5-14(18)11(8-12)9-19-7-6-10-2-1-3-13(15(10)19)16(20)21/h1-8H,9H2,(H,20,21). The molecule has 1 N–H and O–H groups in total. The average Bonchev–Trinajstić information content (AvgIpc) is 2.86. The number of rotatable bonds is 3. The molecule has 1 aromatic heterocycles. The second-order valence-electron chi connectivity index (χ2n) is 4.73. The SMILES string of the molecule is O=C(O)c1cccc2ccn(Cc3cc(Br)ccc3F)c12. The maximum absolute atomic E-state index is 13.9. The fourth-order valence-electron chi connectivity index (χ4n) is 2.41. The first-order chi connectivity index (χ1) is 10.1. The molecule has 0 fully saturated rings. The third kappa shape index (κ3) is 2.56. The van der Waals surface area contributed by atoms with Crippen LogP contribution in [0.3, 0.4) is 0 Å². The minimum absolute atomic E-state index is 0.216. The third-order valence-corrected chi connectivity index (χ3v) is 3.86. The number of benzene rings is 2. The Labute approximate surface area is 128 Å². The predicted molar refractivity (Wildman–Crippen MR) is 82.1 cm³/mol. The van der Waals surface area contributed by atoms with E-state index in [4.69, 9.17) is 0 Å². The molecule has 3 rings (SSSR count). The van der Waals surface area contributed by atoms with Gasteiger partial charge in [0.2, 0.25) is 0 Å². The van der Waals surface area contributed by atoms with Gasteiger partial charge in [-0.25, -0.2) is 9.18 Å². The third-order valence-electron chi connectivity index (χ3n) is 3.37. The summed E-state index contributed by atoms with van der Waals surface area (Å²) in [5, 5.41) is 10.1. The van der Waals surface area contributed by atoms with Gasteiger partial charge in [0.25, 0.3) is 0 Å². The number of hydrogen-bond donors (Lipinski definition) is 1. The Kier molecular flexibility index (Phi) is 3.51. The van der Waals surface area contributed by atoms with E-state index in [2.05, 4.69) is 15.9 Å². The van der Waals surface area contributed by atoms with Crippen LogP contribution in [0.1, 0.15) is 15.9 Å². The van der Waals surface area contributed by atoms with Crippen molar-refractivity contribution in [1.82, 2.24) is 4.57 Å². The van der Waals surface area contributed by atoms with Gasteiger partial charge in [-0.05, 0) is 30.3 Å². The first-order valence-corrected chi connectivity index (χ1v) is 7.10. The fraction of sp³-hybridized carbons (Fsp3) is 0.0625. The highest BCUT2D eigenvalue weighted by molar-refractivity contribution is 9.10. The number of nitrogens with zero attached hydrogens (tertiary/aromatic N) is 1. The molecule has 21 heavy (non-hydrogen) atoms. The zero-order chi connectivity index (χ0) is 15.0. The highest BCUT2D eigenvalue weighted by atomic mass is 79.9. The monoisotopic (exact) mass is 347 g/mol. The summed E-state index contributed by atoms with van der Waals surface area (Å²) in [5.41, 5.74) is 1.32. The van der Waals surface area contributed by atoms with Crippen LogP contribution in [0.4, 0.5) is 4.39 Å². The fourth-order valence-corrected chi connectivity index (χ4v) is 2.82. The van der Waals surface area contributed by atoms with E-state index in [0.717, 1.165) is 9.86 Å². The molecule has 0 radical (unpaired) electrons. The van der Waals surface area contributed by atoms with Crippen LogP contribution in [0, 0.1) is 5.82 Å². The van der Waals surface area contributed by atoms with Gasteiger partial charge in [-0.15, -0.1) is 0 Å². The second-order valence-corrected chi connectivity index (χ2v) is 5.64. The predicted octanol–water partition coefficient (Wildman–Crippen LogP) is 4.29. The van der Waals surface area contributed by atoms with E-state index in [9.17, 15) is 14.3 Å². The van der Waals surface area contributed by atoms with Crippen molar-refractivity contribution in [1.29, 1.82) is 0 Å². The normalized spacial score (nSPS) is 11.0. The Bertz CT molecular complexity index is 841. The molecule has 3 aromatic rings. The molecule has 0 atom stereocenters. The lowest BCUT2D eigenvalue weighted by Gasteiger charge is -2.09. The van der Waals surface area contributed by atoms with Crippen molar-refractivity contribution in [3.8, 4) is 0 Å². The summed E-state index contributed by atoms with van der Waals surface area (Å²) in [5.74, 6) is -1.30. The van der Waals surface area contributed by atoms with Crippen molar-refractivity contribution >= 4 is 32.8 Å². The molecule has 3 nitrogen and oxygen atoms in total. The lowest BCUT2D eigenvalue weighted by molar-refractivity contribution is 0.0698. The summed E-state index contributed by atoms with van der Waals surface area (Å²) >= 11 is 3.32. The van der Waals surface area contributed by atoms with Crippen LogP contribution in [0.5, 0.6) is 0 Å². The molecule has 0 saturated heterocycles. The maximum atomic E-state index is 13.9. The molecular weight excluding hydrogens is 337 g/mol.